The molecule has 0 fully saturated rings. The van der Waals surface area contributed by atoms with Crippen LogP contribution in [0.2, 0.25) is 0 Å². The van der Waals surface area contributed by atoms with E-state index in [2.05, 4.69) is 210 Å². The Morgan fingerprint density at radius 2 is 1.05 bits per heavy atom. The van der Waals surface area contributed by atoms with Gasteiger partial charge in [0.05, 0.1) is 16.4 Å². The van der Waals surface area contributed by atoms with Crippen LogP contribution in [0.1, 0.15) is 45.1 Å². The van der Waals surface area contributed by atoms with Crippen LogP contribution in [0.4, 0.5) is 0 Å². The number of benzene rings is 10. The minimum absolute atomic E-state index is 0.340. The lowest BCUT2D eigenvalue weighted by Crippen LogP contribution is -2.33. The molecular formula is C60H38N4. The van der Waals surface area contributed by atoms with Crippen LogP contribution in [0, 0.1) is 0 Å². The molecule has 0 radical (unpaired) electrons. The Bertz CT molecular complexity index is 3740. The molecular weight excluding hydrogens is 777 g/mol. The Morgan fingerprint density at radius 3 is 1.83 bits per heavy atom. The first-order chi connectivity index (χ1) is 31.7. The molecule has 1 atom stereocenters. The van der Waals surface area contributed by atoms with E-state index in [1.165, 1.54) is 76.8 Å². The summed E-state index contributed by atoms with van der Waals surface area (Å²) in [4.78, 5) is 10.4. The molecule has 14 rings (SSSR count). The average molecular weight is 815 g/mol. The van der Waals surface area contributed by atoms with Gasteiger partial charge in [-0.2, -0.15) is 0 Å². The van der Waals surface area contributed by atoms with Gasteiger partial charge in [-0.3, -0.25) is 0 Å². The molecule has 0 bridgehead atoms. The fraction of sp³-hybridized carbons (Fsp3) is 0.0333. The number of hydrogen-bond donors (Lipinski definition) is 1. The van der Waals surface area contributed by atoms with Gasteiger partial charge in [-0.1, -0.05) is 182 Å². The van der Waals surface area contributed by atoms with Crippen molar-refractivity contribution in [1.82, 2.24) is 9.88 Å². The van der Waals surface area contributed by atoms with E-state index in [0.717, 1.165) is 39.3 Å². The quantitative estimate of drug-likeness (QED) is 0.173. The summed E-state index contributed by atoms with van der Waals surface area (Å²) in [5, 5.41) is 11.5. The third kappa shape index (κ3) is 4.88. The van der Waals surface area contributed by atoms with Crippen LogP contribution < -0.4 is 5.32 Å². The van der Waals surface area contributed by atoms with Crippen LogP contribution in [0.3, 0.4) is 0 Å². The second-order valence-electron chi connectivity index (χ2n) is 17.3. The van der Waals surface area contributed by atoms with E-state index in [9.17, 15) is 0 Å². The highest BCUT2D eigenvalue weighted by molar-refractivity contribution is 6.18. The van der Waals surface area contributed by atoms with Crippen molar-refractivity contribution in [2.75, 3.05) is 0 Å². The predicted octanol–water partition coefficient (Wildman–Crippen LogP) is 13.9. The molecule has 3 aliphatic rings. The first-order valence-electron chi connectivity index (χ1n) is 22.1. The topological polar surface area (TPSA) is 41.7 Å². The summed E-state index contributed by atoms with van der Waals surface area (Å²) in [5.74, 6) is 1.51. The van der Waals surface area contributed by atoms with Crippen molar-refractivity contribution in [2.45, 2.75) is 11.6 Å². The SMILES string of the molecule is c1ccc(C2=NC(c3ccc4c(c3)c3ccccc3n4-c3ccccc3)NC(c3ccc(-c4ccc5c(c4)-c4ccccc4C54c5cccc6ccc7cccc4c7c56)cc3)=N2)cc1. The van der Waals surface area contributed by atoms with E-state index < -0.39 is 0 Å². The summed E-state index contributed by atoms with van der Waals surface area (Å²) in [7, 11) is 0. The monoisotopic (exact) mass is 814 g/mol. The van der Waals surface area contributed by atoms with Crippen LogP contribution in [-0.4, -0.2) is 16.2 Å². The summed E-state index contributed by atoms with van der Waals surface area (Å²) < 4.78 is 2.35. The van der Waals surface area contributed by atoms with Gasteiger partial charge in [0.1, 0.15) is 12.0 Å². The third-order valence-electron chi connectivity index (χ3n) is 14.0. The summed E-state index contributed by atoms with van der Waals surface area (Å²) in [6.07, 6.45) is -0.340. The second-order valence-corrected chi connectivity index (χ2v) is 17.3. The molecule has 4 nitrogen and oxygen atoms in total. The fourth-order valence-corrected chi connectivity index (χ4v) is 11.3. The van der Waals surface area contributed by atoms with Crippen LogP contribution in [0.5, 0.6) is 0 Å². The summed E-state index contributed by atoms with van der Waals surface area (Å²) >= 11 is 0. The zero-order valence-electron chi connectivity index (χ0n) is 34.7. The fourth-order valence-electron chi connectivity index (χ4n) is 11.3. The maximum atomic E-state index is 5.25. The highest BCUT2D eigenvalue weighted by Crippen LogP contribution is 2.62. The number of aromatic nitrogens is 1. The number of para-hydroxylation sites is 2. The Kier molecular flexibility index (Phi) is 7.35. The number of fused-ring (bicyclic) bond motifs is 10. The second kappa shape index (κ2) is 13.3. The van der Waals surface area contributed by atoms with Gasteiger partial charge in [-0.05, 0) is 108 Å². The Hall–Kier alpha value is -8.34. The zero-order valence-corrected chi connectivity index (χ0v) is 34.7. The molecule has 1 unspecified atom stereocenters. The smallest absolute Gasteiger partial charge is 0.159 e. The lowest BCUT2D eigenvalue weighted by Gasteiger charge is -2.30. The van der Waals surface area contributed by atoms with Gasteiger partial charge in [0, 0.05) is 27.6 Å². The van der Waals surface area contributed by atoms with E-state index in [1.807, 2.05) is 18.2 Å². The number of amidine groups is 2. The molecule has 1 aromatic heterocycles. The van der Waals surface area contributed by atoms with Crippen LogP contribution in [0.15, 0.2) is 228 Å². The molecule has 11 aromatic rings. The first-order valence-corrected chi connectivity index (χ1v) is 22.1. The van der Waals surface area contributed by atoms with Gasteiger partial charge in [0.15, 0.2) is 5.84 Å². The molecule has 0 saturated carbocycles. The van der Waals surface area contributed by atoms with Crippen molar-refractivity contribution < 1.29 is 0 Å². The van der Waals surface area contributed by atoms with Crippen molar-refractivity contribution in [3.63, 3.8) is 0 Å². The van der Waals surface area contributed by atoms with Gasteiger partial charge >= 0.3 is 0 Å². The van der Waals surface area contributed by atoms with Crippen LogP contribution >= 0.6 is 0 Å². The maximum Gasteiger partial charge on any atom is 0.159 e. The van der Waals surface area contributed by atoms with Gasteiger partial charge in [-0.15, -0.1) is 0 Å². The number of hydrogen-bond acceptors (Lipinski definition) is 3. The lowest BCUT2D eigenvalue weighted by atomic mass is 9.70. The number of nitrogens with one attached hydrogen (secondary N) is 1. The zero-order chi connectivity index (χ0) is 41.9. The standard InChI is InChI=1S/C60H38N4/c1-3-13-40(14-4-1)57-61-58(63-59(62-57)43-32-34-54-48(36-43)46-20-8-10-24-53(46)64(54)44-17-5-2-6-18-44)41-29-25-37(26-30-41)42-31-33-50-47(35-42)45-19-7-9-21-49(45)60(50)51-22-11-15-38-27-28-39-16-12-23-52(60)56(39)55(38)51/h1-36,59H,(H,61,62,63). The Balaban J connectivity index is 0.848. The van der Waals surface area contributed by atoms with E-state index >= 15 is 0 Å². The normalized spacial score (nSPS) is 15.5. The van der Waals surface area contributed by atoms with Gasteiger partial charge in [-0.25, -0.2) is 9.98 Å². The van der Waals surface area contributed by atoms with Crippen molar-refractivity contribution in [3.05, 3.63) is 257 Å². The predicted molar refractivity (Wildman–Crippen MR) is 264 cm³/mol. The number of rotatable bonds is 5. The van der Waals surface area contributed by atoms with E-state index in [-0.39, 0.29) is 11.6 Å². The minimum Gasteiger partial charge on any atom is -0.344 e. The Labute approximate surface area is 370 Å². The maximum absolute atomic E-state index is 5.25. The largest absolute Gasteiger partial charge is 0.344 e. The van der Waals surface area contributed by atoms with E-state index in [4.69, 9.17) is 9.98 Å². The molecule has 2 aliphatic carbocycles. The highest BCUT2D eigenvalue weighted by atomic mass is 15.2. The van der Waals surface area contributed by atoms with Gasteiger partial charge in [0.25, 0.3) is 0 Å². The van der Waals surface area contributed by atoms with Crippen molar-refractivity contribution >= 4 is 55.0 Å². The van der Waals surface area contributed by atoms with E-state index in [0.29, 0.717) is 5.84 Å². The molecule has 1 aliphatic heterocycles. The van der Waals surface area contributed by atoms with Crippen LogP contribution in [0.25, 0.3) is 71.3 Å². The minimum atomic E-state index is -0.361. The van der Waals surface area contributed by atoms with Gasteiger partial charge < -0.3 is 9.88 Å². The number of aliphatic imine (C=N–C) groups is 2. The molecule has 64 heavy (non-hydrogen) atoms. The molecule has 10 aromatic carbocycles. The van der Waals surface area contributed by atoms with Crippen LogP contribution in [-0.2, 0) is 5.41 Å². The van der Waals surface area contributed by atoms with Crippen molar-refractivity contribution in [3.8, 4) is 27.9 Å². The Morgan fingerprint density at radius 1 is 0.422 bits per heavy atom. The highest BCUT2D eigenvalue weighted by Gasteiger charge is 2.50. The lowest BCUT2D eigenvalue weighted by molar-refractivity contribution is 0.675. The summed E-state index contributed by atoms with van der Waals surface area (Å²) in [5.41, 5.74) is 16.6. The molecule has 0 saturated heterocycles. The van der Waals surface area contributed by atoms with Gasteiger partial charge in [0.2, 0.25) is 0 Å². The number of nitrogens with zero attached hydrogens (tertiary/aromatic N) is 3. The molecule has 4 heteroatoms. The molecule has 1 spiro atoms. The molecule has 0 amide bonds. The summed E-state index contributed by atoms with van der Waals surface area (Å²) in [6, 6.07) is 79.6. The first kappa shape index (κ1) is 35.3. The third-order valence-corrected chi connectivity index (χ3v) is 14.0. The summed E-state index contributed by atoms with van der Waals surface area (Å²) in [6.45, 7) is 0. The van der Waals surface area contributed by atoms with Crippen molar-refractivity contribution in [1.29, 1.82) is 0 Å². The van der Waals surface area contributed by atoms with E-state index in [1.54, 1.807) is 0 Å². The average Bonchev–Trinajstić information content (AvgIpc) is 3.98. The molecule has 1 N–H and O–H groups in total. The van der Waals surface area contributed by atoms with Crippen molar-refractivity contribution in [2.24, 2.45) is 9.98 Å². The molecule has 2 heterocycles. The molecule has 298 valence electrons.